The molecule has 0 radical (unpaired) electrons. The van der Waals surface area contributed by atoms with Crippen molar-refractivity contribution in [2.75, 3.05) is 6.61 Å². The summed E-state index contributed by atoms with van der Waals surface area (Å²) in [7, 11) is 0. The molecule has 3 N–H and O–H groups in total. The van der Waals surface area contributed by atoms with Crippen molar-refractivity contribution in [3.63, 3.8) is 0 Å². The van der Waals surface area contributed by atoms with Gasteiger partial charge >= 0.3 is 0 Å². The number of hydroxylamine groups is 1. The van der Waals surface area contributed by atoms with Gasteiger partial charge in [0.1, 0.15) is 6.61 Å². The van der Waals surface area contributed by atoms with Crippen molar-refractivity contribution in [1.29, 1.82) is 0 Å². The lowest BCUT2D eigenvalue weighted by molar-refractivity contribution is -0.125. The number of aromatic nitrogens is 2. The molecule has 0 bridgehead atoms. The van der Waals surface area contributed by atoms with Gasteiger partial charge in [0.15, 0.2) is 0 Å². The lowest BCUT2D eigenvalue weighted by atomic mass is 10.3. The summed E-state index contributed by atoms with van der Waals surface area (Å²) in [4.78, 5) is 15.3. The number of nitrogens with zero attached hydrogens (tertiary/aromatic N) is 2. The number of rotatable bonds is 6. The smallest absolute Gasteiger partial charge is 0.245 e. The van der Waals surface area contributed by atoms with E-state index in [1.54, 1.807) is 10.9 Å². The molecule has 0 fully saturated rings. The number of primary amides is 1. The first kappa shape index (κ1) is 12.3. The summed E-state index contributed by atoms with van der Waals surface area (Å²) >= 11 is 0. The highest BCUT2D eigenvalue weighted by Crippen LogP contribution is 2.07. The van der Waals surface area contributed by atoms with E-state index in [4.69, 9.17) is 10.6 Å². The molecule has 1 aromatic heterocycles. The molecule has 1 aromatic carbocycles. The molecular weight excluding hydrogens is 232 g/mol. The summed E-state index contributed by atoms with van der Waals surface area (Å²) < 4.78 is 1.77. The highest BCUT2D eigenvalue weighted by Gasteiger charge is 2.00. The number of benzene rings is 1. The topological polar surface area (TPSA) is 82.2 Å². The van der Waals surface area contributed by atoms with Crippen LogP contribution in [-0.2, 0) is 16.2 Å². The van der Waals surface area contributed by atoms with Gasteiger partial charge in [-0.2, -0.15) is 10.6 Å². The Kier molecular flexibility index (Phi) is 4.06. The fourth-order valence-corrected chi connectivity index (χ4v) is 1.43. The number of hydrogen-bond donors (Lipinski definition) is 2. The number of amides is 1. The van der Waals surface area contributed by atoms with E-state index in [9.17, 15) is 4.79 Å². The Balaban J connectivity index is 1.89. The van der Waals surface area contributed by atoms with E-state index in [1.165, 1.54) is 0 Å². The van der Waals surface area contributed by atoms with Crippen LogP contribution in [0.2, 0.25) is 0 Å². The van der Waals surface area contributed by atoms with Crippen molar-refractivity contribution in [2.45, 2.75) is 6.54 Å². The van der Waals surface area contributed by atoms with Crippen LogP contribution in [0.25, 0.3) is 5.69 Å². The van der Waals surface area contributed by atoms with Crippen LogP contribution in [0.4, 0.5) is 0 Å². The largest absolute Gasteiger partial charge is 0.368 e. The Labute approximate surface area is 104 Å². The highest BCUT2D eigenvalue weighted by atomic mass is 16.6. The lowest BCUT2D eigenvalue weighted by Gasteiger charge is -2.01. The van der Waals surface area contributed by atoms with Gasteiger partial charge in [0.2, 0.25) is 5.91 Å². The summed E-state index contributed by atoms with van der Waals surface area (Å²) in [5, 5.41) is 4.23. The number of nitrogens with two attached hydrogens (primary N) is 1. The summed E-state index contributed by atoms with van der Waals surface area (Å²) in [6, 6.07) is 9.78. The molecule has 94 valence electrons. The summed E-state index contributed by atoms with van der Waals surface area (Å²) in [5.41, 5.74) is 9.51. The Morgan fingerprint density at radius 1 is 1.39 bits per heavy atom. The molecule has 2 rings (SSSR count). The van der Waals surface area contributed by atoms with Gasteiger partial charge in [-0.05, 0) is 12.1 Å². The Hall–Kier alpha value is -2.18. The predicted octanol–water partition coefficient (Wildman–Crippen LogP) is 0.379. The maximum absolute atomic E-state index is 10.4. The third-order valence-electron chi connectivity index (χ3n) is 2.25. The van der Waals surface area contributed by atoms with Crippen LogP contribution in [0, 0.1) is 0 Å². The molecule has 0 aliphatic carbocycles. The molecule has 0 atom stereocenters. The van der Waals surface area contributed by atoms with Crippen molar-refractivity contribution in [2.24, 2.45) is 5.73 Å². The number of nitrogens with one attached hydrogen (secondary N) is 1. The molecule has 0 aliphatic rings. The quantitative estimate of drug-likeness (QED) is 0.570. The second kappa shape index (κ2) is 5.95. The Morgan fingerprint density at radius 3 is 2.89 bits per heavy atom. The molecule has 6 heteroatoms. The molecule has 2 aromatic rings. The minimum absolute atomic E-state index is 0.146. The van der Waals surface area contributed by atoms with E-state index < -0.39 is 5.91 Å². The van der Waals surface area contributed by atoms with E-state index >= 15 is 0 Å². The van der Waals surface area contributed by atoms with Crippen molar-refractivity contribution in [1.82, 2.24) is 15.3 Å². The van der Waals surface area contributed by atoms with E-state index in [2.05, 4.69) is 10.6 Å². The zero-order chi connectivity index (χ0) is 12.8. The van der Waals surface area contributed by atoms with Crippen LogP contribution in [0.1, 0.15) is 5.56 Å². The van der Waals surface area contributed by atoms with Gasteiger partial charge in [0, 0.05) is 18.3 Å². The van der Waals surface area contributed by atoms with Crippen molar-refractivity contribution in [3.05, 3.63) is 48.3 Å². The maximum atomic E-state index is 10.4. The van der Waals surface area contributed by atoms with Crippen molar-refractivity contribution < 1.29 is 9.63 Å². The van der Waals surface area contributed by atoms with Crippen LogP contribution in [0.5, 0.6) is 0 Å². The van der Waals surface area contributed by atoms with Crippen LogP contribution in [0.3, 0.4) is 0 Å². The summed E-state index contributed by atoms with van der Waals surface area (Å²) in [6.45, 7) is 0.312. The minimum atomic E-state index is -0.512. The number of carbonyl (C=O) groups is 1. The summed E-state index contributed by atoms with van der Waals surface area (Å²) in [5.74, 6) is -0.512. The number of carbonyl (C=O) groups excluding carboxylic acids is 1. The maximum Gasteiger partial charge on any atom is 0.245 e. The van der Waals surface area contributed by atoms with E-state index in [0.29, 0.717) is 6.54 Å². The molecule has 6 nitrogen and oxygen atoms in total. The monoisotopic (exact) mass is 246 g/mol. The second-order valence-electron chi connectivity index (χ2n) is 3.70. The van der Waals surface area contributed by atoms with Crippen LogP contribution >= 0.6 is 0 Å². The molecule has 0 saturated carbocycles. The van der Waals surface area contributed by atoms with Gasteiger partial charge in [0.25, 0.3) is 0 Å². The first-order valence-electron chi connectivity index (χ1n) is 5.47. The van der Waals surface area contributed by atoms with E-state index in [0.717, 1.165) is 11.3 Å². The third kappa shape index (κ3) is 3.41. The zero-order valence-electron chi connectivity index (χ0n) is 9.74. The molecule has 1 heterocycles. The Bertz CT molecular complexity index is 510. The zero-order valence-corrected chi connectivity index (χ0v) is 9.74. The van der Waals surface area contributed by atoms with Crippen LogP contribution in [0.15, 0.2) is 42.7 Å². The average molecular weight is 246 g/mol. The van der Waals surface area contributed by atoms with Gasteiger partial charge in [-0.25, -0.2) is 4.68 Å². The molecule has 0 spiro atoms. The average Bonchev–Trinajstić information content (AvgIpc) is 2.84. The number of hydrogen-bond acceptors (Lipinski definition) is 4. The normalized spacial score (nSPS) is 10.4. The Morgan fingerprint density at radius 2 is 2.17 bits per heavy atom. The fourth-order valence-electron chi connectivity index (χ4n) is 1.43. The van der Waals surface area contributed by atoms with Crippen LogP contribution in [-0.4, -0.2) is 22.3 Å². The van der Waals surface area contributed by atoms with Gasteiger partial charge in [-0.3, -0.25) is 9.63 Å². The minimum Gasteiger partial charge on any atom is -0.368 e. The number of para-hydroxylation sites is 1. The third-order valence-corrected chi connectivity index (χ3v) is 2.25. The highest BCUT2D eigenvalue weighted by molar-refractivity contribution is 5.74. The first-order valence-corrected chi connectivity index (χ1v) is 5.47. The predicted molar refractivity (Wildman–Crippen MR) is 65.6 cm³/mol. The van der Waals surface area contributed by atoms with Gasteiger partial charge in [0.05, 0.1) is 11.9 Å². The second-order valence-corrected chi connectivity index (χ2v) is 3.70. The fraction of sp³-hybridized carbons (Fsp3) is 0.167. The van der Waals surface area contributed by atoms with Crippen molar-refractivity contribution in [3.8, 4) is 5.69 Å². The van der Waals surface area contributed by atoms with Crippen molar-refractivity contribution >= 4 is 5.91 Å². The molecule has 1 amide bonds. The lowest BCUT2D eigenvalue weighted by Crippen LogP contribution is -2.24. The standard InChI is InChI=1S/C12H14N4O2/c13-12(17)9-18-15-7-10-6-14-16(8-10)11-4-2-1-3-5-11/h1-6,8,15H,7,9H2,(H2,13,17). The van der Waals surface area contributed by atoms with Crippen LogP contribution < -0.4 is 11.2 Å². The summed E-state index contributed by atoms with van der Waals surface area (Å²) in [6.07, 6.45) is 3.61. The van der Waals surface area contributed by atoms with Gasteiger partial charge in [-0.1, -0.05) is 18.2 Å². The van der Waals surface area contributed by atoms with Gasteiger partial charge < -0.3 is 5.73 Å². The molecule has 0 saturated heterocycles. The molecular formula is C12H14N4O2. The molecule has 18 heavy (non-hydrogen) atoms. The SMILES string of the molecule is NC(=O)CONCc1cnn(-c2ccccc2)c1. The van der Waals surface area contributed by atoms with E-state index in [1.807, 2.05) is 36.5 Å². The first-order chi connectivity index (χ1) is 8.75. The molecule has 0 unspecified atom stereocenters. The van der Waals surface area contributed by atoms with E-state index in [-0.39, 0.29) is 6.61 Å². The van der Waals surface area contributed by atoms with Gasteiger partial charge in [-0.15, -0.1) is 0 Å². The molecule has 0 aliphatic heterocycles.